The van der Waals surface area contributed by atoms with E-state index in [0.29, 0.717) is 5.56 Å². The summed E-state index contributed by atoms with van der Waals surface area (Å²) in [4.78, 5) is 23.3. The molecule has 2 aromatic rings. The van der Waals surface area contributed by atoms with Gasteiger partial charge in [0.05, 0.1) is 11.4 Å². The zero-order valence-corrected chi connectivity index (χ0v) is 16.2. The van der Waals surface area contributed by atoms with Gasteiger partial charge in [0.15, 0.2) is 5.78 Å². The van der Waals surface area contributed by atoms with E-state index in [2.05, 4.69) is 10.1 Å². The summed E-state index contributed by atoms with van der Waals surface area (Å²) in [6, 6.07) is 9.80. The van der Waals surface area contributed by atoms with Gasteiger partial charge in [0, 0.05) is 24.4 Å². The van der Waals surface area contributed by atoms with E-state index < -0.39 is 34.6 Å². The van der Waals surface area contributed by atoms with Crippen molar-refractivity contribution in [2.24, 2.45) is 0 Å². The predicted octanol–water partition coefficient (Wildman–Crippen LogP) is 3.05. The molecule has 0 aromatic heterocycles. The smallest absolute Gasteiger partial charge is 0.406 e. The Kier molecular flexibility index (Phi) is 6.65. The standard InChI is InChI=1S/C18H17F3N2O5S/c1-12(24)13-6-8-16(9-7-13)29(26,27)23(2)11-17(25)22-14-4-3-5-15(10-14)28-18(19,20)21/h3-10H,11H2,1-2H3,(H,22,25). The van der Waals surface area contributed by atoms with Crippen LogP contribution >= 0.6 is 0 Å². The maximum atomic E-state index is 12.5. The lowest BCUT2D eigenvalue weighted by atomic mass is 10.2. The number of amides is 1. The molecule has 0 fully saturated rings. The molecular formula is C18H17F3N2O5S. The number of alkyl halides is 3. The van der Waals surface area contributed by atoms with Crippen LogP contribution in [0, 0.1) is 0 Å². The molecule has 1 N–H and O–H groups in total. The lowest BCUT2D eigenvalue weighted by molar-refractivity contribution is -0.274. The van der Waals surface area contributed by atoms with E-state index in [9.17, 15) is 31.2 Å². The number of benzene rings is 2. The first-order chi connectivity index (χ1) is 13.4. The van der Waals surface area contributed by atoms with Gasteiger partial charge < -0.3 is 10.1 Å². The van der Waals surface area contributed by atoms with E-state index in [4.69, 9.17) is 0 Å². The second kappa shape index (κ2) is 8.62. The van der Waals surface area contributed by atoms with Gasteiger partial charge in [-0.2, -0.15) is 4.31 Å². The number of rotatable bonds is 7. The summed E-state index contributed by atoms with van der Waals surface area (Å²) in [7, 11) is -2.84. The molecule has 156 valence electrons. The summed E-state index contributed by atoms with van der Waals surface area (Å²) in [6.07, 6.45) is -4.88. The van der Waals surface area contributed by atoms with Crippen molar-refractivity contribution in [3.05, 3.63) is 54.1 Å². The van der Waals surface area contributed by atoms with Gasteiger partial charge in [0.2, 0.25) is 15.9 Å². The number of anilines is 1. The Balaban J connectivity index is 2.06. The Morgan fingerprint density at radius 1 is 1.10 bits per heavy atom. The Hall–Kier alpha value is -2.92. The lowest BCUT2D eigenvalue weighted by Crippen LogP contribution is -2.35. The molecule has 11 heteroatoms. The summed E-state index contributed by atoms with van der Waals surface area (Å²) in [5, 5.41) is 2.31. The third-order valence-electron chi connectivity index (χ3n) is 3.69. The Labute approximate surface area is 165 Å². The largest absolute Gasteiger partial charge is 0.573 e. The Morgan fingerprint density at radius 2 is 1.72 bits per heavy atom. The van der Waals surface area contributed by atoms with Crippen LogP contribution in [0.4, 0.5) is 18.9 Å². The van der Waals surface area contributed by atoms with Crippen LogP contribution in [0.15, 0.2) is 53.4 Å². The molecule has 0 spiro atoms. The highest BCUT2D eigenvalue weighted by Gasteiger charge is 2.31. The fraction of sp³-hybridized carbons (Fsp3) is 0.222. The van der Waals surface area contributed by atoms with Crippen molar-refractivity contribution in [3.63, 3.8) is 0 Å². The molecule has 1 amide bonds. The number of carbonyl (C=O) groups excluding carboxylic acids is 2. The average molecular weight is 430 g/mol. The minimum atomic E-state index is -4.88. The van der Waals surface area contributed by atoms with Gasteiger partial charge in [0.1, 0.15) is 5.75 Å². The summed E-state index contributed by atoms with van der Waals surface area (Å²) in [5.41, 5.74) is 0.346. The van der Waals surface area contributed by atoms with Gasteiger partial charge in [-0.05, 0) is 31.2 Å². The number of sulfonamides is 1. The normalized spacial score (nSPS) is 11.9. The molecule has 7 nitrogen and oxygen atoms in total. The number of nitrogens with zero attached hydrogens (tertiary/aromatic N) is 1. The van der Waals surface area contributed by atoms with E-state index in [-0.39, 0.29) is 16.4 Å². The fourth-order valence-electron chi connectivity index (χ4n) is 2.30. The van der Waals surface area contributed by atoms with Gasteiger partial charge in [-0.15, -0.1) is 13.2 Å². The Bertz CT molecular complexity index is 1000. The number of nitrogens with one attached hydrogen (secondary N) is 1. The third-order valence-corrected chi connectivity index (χ3v) is 5.50. The topological polar surface area (TPSA) is 92.8 Å². The molecule has 0 heterocycles. The van der Waals surface area contributed by atoms with Gasteiger partial charge >= 0.3 is 6.36 Å². The van der Waals surface area contributed by atoms with Crippen LogP contribution in [0.2, 0.25) is 0 Å². The first-order valence-electron chi connectivity index (χ1n) is 8.11. The van der Waals surface area contributed by atoms with Crippen molar-refractivity contribution in [2.75, 3.05) is 18.9 Å². The van der Waals surface area contributed by atoms with Crippen molar-refractivity contribution in [2.45, 2.75) is 18.2 Å². The summed E-state index contributed by atoms with van der Waals surface area (Å²) in [6.45, 7) is 0.760. The van der Waals surface area contributed by atoms with Gasteiger partial charge in [0.25, 0.3) is 0 Å². The van der Waals surface area contributed by atoms with Crippen LogP contribution in [0.1, 0.15) is 17.3 Å². The van der Waals surface area contributed by atoms with Gasteiger partial charge in [-0.1, -0.05) is 18.2 Å². The van der Waals surface area contributed by atoms with Crippen molar-refractivity contribution in [1.29, 1.82) is 0 Å². The SMILES string of the molecule is CC(=O)c1ccc(S(=O)(=O)N(C)CC(=O)Nc2cccc(OC(F)(F)F)c2)cc1. The number of ether oxygens (including phenoxy) is 1. The Morgan fingerprint density at radius 3 is 2.28 bits per heavy atom. The number of likely N-dealkylation sites (N-methyl/N-ethyl adjacent to an activating group) is 1. The molecule has 0 radical (unpaired) electrons. The number of carbonyl (C=O) groups is 2. The number of hydrogen-bond acceptors (Lipinski definition) is 5. The van der Waals surface area contributed by atoms with E-state index in [1.165, 1.54) is 50.4 Å². The van der Waals surface area contributed by atoms with Gasteiger partial charge in [-0.25, -0.2) is 8.42 Å². The van der Waals surface area contributed by atoms with Crippen LogP contribution in [0.5, 0.6) is 5.75 Å². The van der Waals surface area contributed by atoms with E-state index >= 15 is 0 Å². The highest BCUT2D eigenvalue weighted by Crippen LogP contribution is 2.25. The fourth-order valence-corrected chi connectivity index (χ4v) is 3.43. The average Bonchev–Trinajstić information content (AvgIpc) is 2.60. The first kappa shape index (κ1) is 22.4. The molecule has 0 atom stereocenters. The second-order valence-corrected chi connectivity index (χ2v) is 8.01. The zero-order valence-electron chi connectivity index (χ0n) is 15.4. The van der Waals surface area contributed by atoms with Crippen LogP contribution in [-0.2, 0) is 14.8 Å². The van der Waals surface area contributed by atoms with Gasteiger partial charge in [-0.3, -0.25) is 9.59 Å². The summed E-state index contributed by atoms with van der Waals surface area (Å²) in [5.74, 6) is -1.51. The van der Waals surface area contributed by atoms with E-state index in [1.807, 2.05) is 0 Å². The van der Waals surface area contributed by atoms with E-state index in [1.54, 1.807) is 0 Å². The maximum absolute atomic E-state index is 12.5. The van der Waals surface area contributed by atoms with Crippen LogP contribution in [0.25, 0.3) is 0 Å². The molecule has 0 saturated heterocycles. The number of Topliss-reactive ketones (excluding diaryl/α,β-unsaturated/α-hetero) is 1. The van der Waals surface area contributed by atoms with Crippen molar-refractivity contribution < 1.29 is 35.9 Å². The van der Waals surface area contributed by atoms with E-state index in [0.717, 1.165) is 16.4 Å². The van der Waals surface area contributed by atoms with Crippen LogP contribution in [0.3, 0.4) is 0 Å². The molecule has 0 saturated carbocycles. The first-order valence-corrected chi connectivity index (χ1v) is 9.55. The summed E-state index contributed by atoms with van der Waals surface area (Å²) < 4.78 is 66.4. The molecule has 0 unspecified atom stereocenters. The monoisotopic (exact) mass is 430 g/mol. The molecule has 0 aliphatic heterocycles. The quantitative estimate of drug-likeness (QED) is 0.682. The molecule has 2 rings (SSSR count). The number of ketones is 1. The number of hydrogen-bond donors (Lipinski definition) is 1. The molecule has 29 heavy (non-hydrogen) atoms. The zero-order chi connectivity index (χ0) is 21.8. The maximum Gasteiger partial charge on any atom is 0.573 e. The highest BCUT2D eigenvalue weighted by molar-refractivity contribution is 7.89. The van der Waals surface area contributed by atoms with Crippen molar-refractivity contribution >= 4 is 27.4 Å². The minimum absolute atomic E-state index is 0.00774. The van der Waals surface area contributed by atoms with Crippen LogP contribution in [-0.4, -0.2) is 44.4 Å². The van der Waals surface area contributed by atoms with Crippen molar-refractivity contribution in [3.8, 4) is 5.75 Å². The molecule has 0 aliphatic carbocycles. The minimum Gasteiger partial charge on any atom is -0.406 e. The second-order valence-electron chi connectivity index (χ2n) is 5.97. The molecule has 0 bridgehead atoms. The molecule has 2 aromatic carbocycles. The highest BCUT2D eigenvalue weighted by atomic mass is 32.2. The lowest BCUT2D eigenvalue weighted by Gasteiger charge is -2.17. The molecule has 0 aliphatic rings. The third kappa shape index (κ3) is 6.29. The molecular weight excluding hydrogens is 413 g/mol. The number of halogens is 3. The summed E-state index contributed by atoms with van der Waals surface area (Å²) >= 11 is 0. The van der Waals surface area contributed by atoms with Crippen LogP contribution < -0.4 is 10.1 Å². The van der Waals surface area contributed by atoms with Crippen molar-refractivity contribution in [1.82, 2.24) is 4.31 Å². The predicted molar refractivity (Wildman–Crippen MR) is 98.0 cm³/mol.